The number of carbonyl (C=O) groups excluding carboxylic acids is 1. The van der Waals surface area contributed by atoms with Crippen LogP contribution in [0.25, 0.3) is 0 Å². The first-order valence-electron chi connectivity index (χ1n) is 5.83. The minimum atomic E-state index is -2.62. The summed E-state index contributed by atoms with van der Waals surface area (Å²) < 4.78 is 26.1. The third-order valence-corrected chi connectivity index (χ3v) is 3.92. The van der Waals surface area contributed by atoms with Crippen molar-refractivity contribution in [1.29, 1.82) is 0 Å². The molecule has 1 aromatic rings. The lowest BCUT2D eigenvalue weighted by atomic mass is 10.1. The van der Waals surface area contributed by atoms with Crippen molar-refractivity contribution in [2.24, 2.45) is 0 Å². The second-order valence-electron chi connectivity index (χ2n) is 4.35. The Hall–Kier alpha value is -1.10. The van der Waals surface area contributed by atoms with Gasteiger partial charge in [-0.2, -0.15) is 0 Å². The number of rotatable bonds is 2. The summed E-state index contributed by atoms with van der Waals surface area (Å²) in [6, 6.07) is 7.29. The van der Waals surface area contributed by atoms with Crippen molar-refractivity contribution in [3.05, 3.63) is 29.8 Å². The van der Waals surface area contributed by atoms with Crippen LogP contribution in [0.3, 0.4) is 0 Å². The molecule has 1 heterocycles. The van der Waals surface area contributed by atoms with Gasteiger partial charge in [-0.3, -0.25) is 4.79 Å². The van der Waals surface area contributed by atoms with Crippen molar-refractivity contribution in [2.45, 2.75) is 23.7 Å². The Kier molecular flexibility index (Phi) is 3.90. The molecule has 1 fully saturated rings. The van der Waals surface area contributed by atoms with Crippen LogP contribution in [0, 0.1) is 0 Å². The monoisotopic (exact) mass is 271 g/mol. The molecular formula is C13H15F2NOS. The zero-order chi connectivity index (χ0) is 13.2. The number of hydrogen-bond donors (Lipinski definition) is 0. The molecule has 2 rings (SSSR count). The van der Waals surface area contributed by atoms with Crippen molar-refractivity contribution in [3.63, 3.8) is 0 Å². The Balaban J connectivity index is 2.13. The van der Waals surface area contributed by atoms with Crippen LogP contribution in [0.2, 0.25) is 0 Å². The Bertz CT molecular complexity index is 440. The molecule has 0 aliphatic carbocycles. The van der Waals surface area contributed by atoms with Crippen molar-refractivity contribution in [2.75, 3.05) is 19.3 Å². The number of halogens is 2. The fraction of sp³-hybridized carbons (Fsp3) is 0.462. The van der Waals surface area contributed by atoms with E-state index in [1.807, 2.05) is 18.4 Å². The number of benzene rings is 1. The van der Waals surface area contributed by atoms with E-state index in [2.05, 4.69) is 0 Å². The average molecular weight is 271 g/mol. The second kappa shape index (κ2) is 5.26. The van der Waals surface area contributed by atoms with Crippen LogP contribution < -0.4 is 0 Å². The molecule has 1 aliphatic rings. The van der Waals surface area contributed by atoms with Gasteiger partial charge in [0.05, 0.1) is 5.56 Å². The average Bonchev–Trinajstić information content (AvgIpc) is 2.38. The molecule has 0 radical (unpaired) electrons. The molecule has 5 heteroatoms. The van der Waals surface area contributed by atoms with E-state index in [0.717, 1.165) is 4.90 Å². The molecule has 1 aromatic carbocycles. The van der Waals surface area contributed by atoms with E-state index in [1.54, 1.807) is 12.1 Å². The zero-order valence-electron chi connectivity index (χ0n) is 10.2. The minimum Gasteiger partial charge on any atom is -0.338 e. The molecule has 0 atom stereocenters. The Labute approximate surface area is 109 Å². The predicted octanol–water partition coefficient (Wildman–Crippen LogP) is 3.28. The van der Waals surface area contributed by atoms with Crippen LogP contribution in [0.5, 0.6) is 0 Å². The molecule has 98 valence electrons. The number of likely N-dealkylation sites (tertiary alicyclic amines) is 1. The summed E-state index contributed by atoms with van der Waals surface area (Å²) in [5.74, 6) is -2.76. The van der Waals surface area contributed by atoms with E-state index in [1.165, 1.54) is 16.7 Å². The first-order valence-corrected chi connectivity index (χ1v) is 7.06. The molecule has 1 saturated heterocycles. The van der Waals surface area contributed by atoms with Gasteiger partial charge in [0.1, 0.15) is 0 Å². The maximum absolute atomic E-state index is 13.0. The molecule has 0 saturated carbocycles. The van der Waals surface area contributed by atoms with Crippen LogP contribution in [0.15, 0.2) is 29.2 Å². The summed E-state index contributed by atoms with van der Waals surface area (Å²) in [5, 5.41) is 0. The lowest BCUT2D eigenvalue weighted by Crippen LogP contribution is -2.42. The van der Waals surface area contributed by atoms with E-state index in [9.17, 15) is 13.6 Å². The van der Waals surface area contributed by atoms with Gasteiger partial charge in [-0.05, 0) is 18.4 Å². The van der Waals surface area contributed by atoms with Gasteiger partial charge in [0.2, 0.25) is 0 Å². The maximum atomic E-state index is 13.0. The van der Waals surface area contributed by atoms with Gasteiger partial charge in [-0.1, -0.05) is 12.1 Å². The first kappa shape index (κ1) is 13.3. The molecule has 1 aliphatic heterocycles. The number of hydrogen-bond acceptors (Lipinski definition) is 2. The van der Waals surface area contributed by atoms with Crippen molar-refractivity contribution >= 4 is 17.7 Å². The highest BCUT2D eigenvalue weighted by atomic mass is 32.2. The standard InChI is InChI=1S/C13H15F2NOS/c1-18-11-5-3-2-4-10(11)12(17)16-8-6-13(14,15)7-9-16/h2-5H,6-9H2,1H3. The van der Waals surface area contributed by atoms with E-state index in [0.29, 0.717) is 5.56 Å². The van der Waals surface area contributed by atoms with E-state index < -0.39 is 5.92 Å². The lowest BCUT2D eigenvalue weighted by molar-refractivity contribution is -0.0494. The number of carbonyl (C=O) groups is 1. The van der Waals surface area contributed by atoms with Gasteiger partial charge >= 0.3 is 0 Å². The Morgan fingerprint density at radius 3 is 2.50 bits per heavy atom. The highest BCUT2D eigenvalue weighted by Crippen LogP contribution is 2.29. The Morgan fingerprint density at radius 2 is 1.89 bits per heavy atom. The predicted molar refractivity (Wildman–Crippen MR) is 68.3 cm³/mol. The molecule has 0 aromatic heterocycles. The summed E-state index contributed by atoms with van der Waals surface area (Å²) >= 11 is 1.49. The van der Waals surface area contributed by atoms with Gasteiger partial charge in [0, 0.05) is 30.8 Å². The third kappa shape index (κ3) is 2.83. The molecule has 2 nitrogen and oxygen atoms in total. The molecule has 0 spiro atoms. The largest absolute Gasteiger partial charge is 0.338 e. The molecular weight excluding hydrogens is 256 g/mol. The van der Waals surface area contributed by atoms with Crippen LogP contribution >= 0.6 is 11.8 Å². The zero-order valence-corrected chi connectivity index (χ0v) is 11.0. The SMILES string of the molecule is CSc1ccccc1C(=O)N1CCC(F)(F)CC1. The van der Waals surface area contributed by atoms with Crippen LogP contribution in [-0.4, -0.2) is 36.1 Å². The summed E-state index contributed by atoms with van der Waals surface area (Å²) in [6.45, 7) is 0.267. The van der Waals surface area contributed by atoms with E-state index in [-0.39, 0.29) is 31.8 Å². The fourth-order valence-corrected chi connectivity index (χ4v) is 2.62. The number of alkyl halides is 2. The van der Waals surface area contributed by atoms with Crippen molar-refractivity contribution in [3.8, 4) is 0 Å². The number of piperidine rings is 1. The smallest absolute Gasteiger partial charge is 0.254 e. The third-order valence-electron chi connectivity index (χ3n) is 3.12. The Morgan fingerprint density at radius 1 is 1.28 bits per heavy atom. The number of amides is 1. The summed E-state index contributed by atoms with van der Waals surface area (Å²) in [4.78, 5) is 14.7. The number of nitrogens with zero attached hydrogens (tertiary/aromatic N) is 1. The molecule has 18 heavy (non-hydrogen) atoms. The van der Waals surface area contributed by atoms with Gasteiger partial charge in [-0.15, -0.1) is 11.8 Å². The van der Waals surface area contributed by atoms with Gasteiger partial charge in [0.15, 0.2) is 0 Å². The van der Waals surface area contributed by atoms with Crippen LogP contribution in [0.4, 0.5) is 8.78 Å². The topological polar surface area (TPSA) is 20.3 Å². The summed E-state index contributed by atoms with van der Waals surface area (Å²) in [6.07, 6.45) is 1.43. The van der Waals surface area contributed by atoms with Crippen molar-refractivity contribution in [1.82, 2.24) is 4.90 Å². The van der Waals surface area contributed by atoms with Crippen LogP contribution in [-0.2, 0) is 0 Å². The first-order chi connectivity index (χ1) is 8.53. The molecule has 1 amide bonds. The summed E-state index contributed by atoms with van der Waals surface area (Å²) in [7, 11) is 0. The number of thioether (sulfide) groups is 1. The molecule has 0 unspecified atom stereocenters. The van der Waals surface area contributed by atoms with Crippen LogP contribution in [0.1, 0.15) is 23.2 Å². The fourth-order valence-electron chi connectivity index (χ4n) is 2.03. The van der Waals surface area contributed by atoms with Crippen molar-refractivity contribution < 1.29 is 13.6 Å². The molecule has 0 N–H and O–H groups in total. The highest BCUT2D eigenvalue weighted by Gasteiger charge is 2.36. The summed E-state index contributed by atoms with van der Waals surface area (Å²) in [5.41, 5.74) is 0.607. The van der Waals surface area contributed by atoms with E-state index in [4.69, 9.17) is 0 Å². The minimum absolute atomic E-state index is 0.133. The second-order valence-corrected chi connectivity index (χ2v) is 5.20. The van der Waals surface area contributed by atoms with Gasteiger partial charge < -0.3 is 4.90 Å². The normalized spacial score (nSPS) is 18.7. The van der Waals surface area contributed by atoms with Gasteiger partial charge in [0.25, 0.3) is 11.8 Å². The van der Waals surface area contributed by atoms with Gasteiger partial charge in [-0.25, -0.2) is 8.78 Å². The maximum Gasteiger partial charge on any atom is 0.254 e. The lowest BCUT2D eigenvalue weighted by Gasteiger charge is -2.32. The highest BCUT2D eigenvalue weighted by molar-refractivity contribution is 7.98. The quantitative estimate of drug-likeness (QED) is 0.769. The molecule has 0 bridgehead atoms. The van der Waals surface area contributed by atoms with E-state index >= 15 is 0 Å².